The van der Waals surface area contributed by atoms with E-state index in [1.807, 2.05) is 20.8 Å². The fraction of sp³-hybridized carbons (Fsp3) is 0.909. The second-order valence-electron chi connectivity index (χ2n) is 2.75. The standard InChI is InChI=1S/C6H14O2.C3H8O2.C2H4O/c1-4-7-6(3)8-5-2;1-3(5)2-4;1-2-3/h6H,4-5H2,1-3H3;3-5H,2H2,1H3;2H,1H3. The lowest BCUT2D eigenvalue weighted by Crippen LogP contribution is -2.11. The molecule has 0 fully saturated rings. The van der Waals surface area contributed by atoms with Gasteiger partial charge in [-0.25, -0.2) is 0 Å². The van der Waals surface area contributed by atoms with Gasteiger partial charge < -0.3 is 24.5 Å². The lowest BCUT2D eigenvalue weighted by Gasteiger charge is -2.09. The molecule has 0 aromatic rings. The molecule has 0 aromatic carbocycles. The quantitative estimate of drug-likeness (QED) is 0.551. The second kappa shape index (κ2) is 20.0. The molecule has 0 heterocycles. The molecule has 16 heavy (non-hydrogen) atoms. The molecule has 100 valence electrons. The van der Waals surface area contributed by atoms with Crippen LogP contribution in [0.3, 0.4) is 0 Å². The van der Waals surface area contributed by atoms with E-state index in [0.29, 0.717) is 0 Å². The minimum absolute atomic E-state index is 0.0370. The van der Waals surface area contributed by atoms with E-state index in [9.17, 15) is 0 Å². The van der Waals surface area contributed by atoms with Crippen molar-refractivity contribution in [1.82, 2.24) is 0 Å². The zero-order chi connectivity index (χ0) is 13.4. The zero-order valence-electron chi connectivity index (χ0n) is 11.0. The van der Waals surface area contributed by atoms with E-state index < -0.39 is 6.10 Å². The van der Waals surface area contributed by atoms with E-state index >= 15 is 0 Å². The summed E-state index contributed by atoms with van der Waals surface area (Å²) in [5, 5.41) is 16.0. The third-order valence-electron chi connectivity index (χ3n) is 1.07. The molecule has 5 heteroatoms. The van der Waals surface area contributed by atoms with E-state index in [-0.39, 0.29) is 12.9 Å². The summed E-state index contributed by atoms with van der Waals surface area (Å²) in [6.07, 6.45) is 0.153. The van der Waals surface area contributed by atoms with Gasteiger partial charge in [0.1, 0.15) is 6.29 Å². The highest BCUT2D eigenvalue weighted by molar-refractivity contribution is 5.44. The molecule has 0 radical (unpaired) electrons. The predicted molar refractivity (Wildman–Crippen MR) is 63.2 cm³/mol. The van der Waals surface area contributed by atoms with E-state index in [4.69, 9.17) is 24.5 Å². The molecule has 0 aliphatic heterocycles. The van der Waals surface area contributed by atoms with E-state index in [2.05, 4.69) is 0 Å². The molecular formula is C11H26O5. The fourth-order valence-corrected chi connectivity index (χ4v) is 0.518. The fourth-order valence-electron chi connectivity index (χ4n) is 0.518. The van der Waals surface area contributed by atoms with Crippen LogP contribution in [0, 0.1) is 0 Å². The van der Waals surface area contributed by atoms with Crippen molar-refractivity contribution in [3.8, 4) is 0 Å². The molecule has 5 nitrogen and oxygen atoms in total. The van der Waals surface area contributed by atoms with Gasteiger partial charge in [0.05, 0.1) is 12.7 Å². The Morgan fingerprint density at radius 3 is 1.56 bits per heavy atom. The van der Waals surface area contributed by atoms with Crippen LogP contribution in [0.5, 0.6) is 0 Å². The summed E-state index contributed by atoms with van der Waals surface area (Å²) in [6, 6.07) is 0. The Labute approximate surface area is 98.4 Å². The van der Waals surface area contributed by atoms with E-state index in [0.717, 1.165) is 19.5 Å². The van der Waals surface area contributed by atoms with Crippen LogP contribution < -0.4 is 0 Å². The number of aliphatic hydroxyl groups is 2. The molecular weight excluding hydrogens is 212 g/mol. The second-order valence-corrected chi connectivity index (χ2v) is 2.75. The van der Waals surface area contributed by atoms with Crippen molar-refractivity contribution in [2.24, 2.45) is 0 Å². The summed E-state index contributed by atoms with van der Waals surface area (Å²) in [5.74, 6) is 0. The third kappa shape index (κ3) is 37.5. The number of aliphatic hydroxyl groups excluding tert-OH is 2. The Bertz CT molecular complexity index is 111. The van der Waals surface area contributed by atoms with Gasteiger partial charge in [-0.15, -0.1) is 0 Å². The number of hydrogen-bond donors (Lipinski definition) is 2. The number of hydrogen-bond acceptors (Lipinski definition) is 5. The maximum atomic E-state index is 8.81. The van der Waals surface area contributed by atoms with Crippen molar-refractivity contribution >= 4 is 6.29 Å². The number of aldehydes is 1. The molecule has 0 bridgehead atoms. The Hall–Kier alpha value is -0.490. The largest absolute Gasteiger partial charge is 0.394 e. The summed E-state index contributed by atoms with van der Waals surface area (Å²) < 4.78 is 10.1. The highest BCUT2D eigenvalue weighted by Crippen LogP contribution is 1.90. The van der Waals surface area contributed by atoms with E-state index in [1.165, 1.54) is 13.8 Å². The average molecular weight is 238 g/mol. The number of carbonyl (C=O) groups is 1. The average Bonchev–Trinajstić information content (AvgIpc) is 2.20. The van der Waals surface area contributed by atoms with Gasteiger partial charge >= 0.3 is 0 Å². The van der Waals surface area contributed by atoms with Gasteiger partial charge in [0, 0.05) is 13.2 Å². The monoisotopic (exact) mass is 238 g/mol. The topological polar surface area (TPSA) is 76.0 Å². The summed E-state index contributed by atoms with van der Waals surface area (Å²) in [4.78, 5) is 8.81. The Kier molecular flexibility index (Phi) is 26.1. The molecule has 0 aliphatic carbocycles. The maximum Gasteiger partial charge on any atom is 0.154 e. The molecule has 0 aliphatic rings. The highest BCUT2D eigenvalue weighted by atomic mass is 16.7. The maximum absolute atomic E-state index is 8.81. The van der Waals surface area contributed by atoms with Crippen LogP contribution in [0.15, 0.2) is 0 Å². The summed E-state index contributed by atoms with van der Waals surface area (Å²) in [5.41, 5.74) is 0. The molecule has 0 amide bonds. The Morgan fingerprint density at radius 2 is 1.44 bits per heavy atom. The van der Waals surface area contributed by atoms with Crippen LogP contribution in [-0.4, -0.2) is 48.7 Å². The number of carbonyl (C=O) groups excluding carboxylic acids is 1. The van der Waals surface area contributed by atoms with Gasteiger partial charge in [0.15, 0.2) is 6.29 Å². The smallest absolute Gasteiger partial charge is 0.154 e. The highest BCUT2D eigenvalue weighted by Gasteiger charge is 1.94. The molecule has 1 atom stereocenters. The minimum atomic E-state index is -0.560. The minimum Gasteiger partial charge on any atom is -0.394 e. The van der Waals surface area contributed by atoms with Crippen molar-refractivity contribution in [2.45, 2.75) is 47.0 Å². The van der Waals surface area contributed by atoms with Crippen molar-refractivity contribution in [3.05, 3.63) is 0 Å². The van der Waals surface area contributed by atoms with Crippen molar-refractivity contribution in [3.63, 3.8) is 0 Å². The van der Waals surface area contributed by atoms with Crippen molar-refractivity contribution < 1.29 is 24.5 Å². The first kappa shape index (κ1) is 20.9. The number of rotatable bonds is 5. The van der Waals surface area contributed by atoms with Gasteiger partial charge in [-0.2, -0.15) is 0 Å². The molecule has 2 N–H and O–H groups in total. The van der Waals surface area contributed by atoms with Gasteiger partial charge in [-0.05, 0) is 34.6 Å². The predicted octanol–water partition coefficient (Wildman–Crippen LogP) is 0.970. The van der Waals surface area contributed by atoms with Crippen LogP contribution in [0.4, 0.5) is 0 Å². The molecule has 1 unspecified atom stereocenters. The first-order valence-corrected chi connectivity index (χ1v) is 5.41. The normalized spacial score (nSPS) is 10.8. The molecule has 0 spiro atoms. The lowest BCUT2D eigenvalue weighted by atomic mass is 10.5. The number of ether oxygens (including phenoxy) is 2. The van der Waals surface area contributed by atoms with Gasteiger partial charge in [-0.3, -0.25) is 0 Å². The summed E-state index contributed by atoms with van der Waals surface area (Å²) in [6.45, 7) is 10.1. The van der Waals surface area contributed by atoms with Gasteiger partial charge in [0.2, 0.25) is 0 Å². The first-order valence-electron chi connectivity index (χ1n) is 5.41. The Balaban J connectivity index is -0.000000181. The molecule has 0 saturated heterocycles. The van der Waals surface area contributed by atoms with Gasteiger partial charge in [0.25, 0.3) is 0 Å². The van der Waals surface area contributed by atoms with Crippen LogP contribution in [0.25, 0.3) is 0 Å². The van der Waals surface area contributed by atoms with Crippen LogP contribution >= 0.6 is 0 Å². The van der Waals surface area contributed by atoms with Crippen molar-refractivity contribution in [2.75, 3.05) is 19.8 Å². The molecule has 0 rings (SSSR count). The Morgan fingerprint density at radius 1 is 1.19 bits per heavy atom. The van der Waals surface area contributed by atoms with Crippen molar-refractivity contribution in [1.29, 1.82) is 0 Å². The third-order valence-corrected chi connectivity index (χ3v) is 1.07. The zero-order valence-corrected chi connectivity index (χ0v) is 11.0. The van der Waals surface area contributed by atoms with Crippen LogP contribution in [-0.2, 0) is 14.3 Å². The molecule has 0 saturated carbocycles. The van der Waals surface area contributed by atoms with Gasteiger partial charge in [-0.1, -0.05) is 0 Å². The SMILES string of the molecule is CC(O)CO.CC=O.CCOC(C)OCC. The van der Waals surface area contributed by atoms with E-state index in [1.54, 1.807) is 0 Å². The molecule has 0 aromatic heterocycles. The van der Waals surface area contributed by atoms with Crippen LogP contribution in [0.1, 0.15) is 34.6 Å². The first-order chi connectivity index (χ1) is 7.49. The summed E-state index contributed by atoms with van der Waals surface area (Å²) in [7, 11) is 0. The van der Waals surface area contributed by atoms with Crippen LogP contribution in [0.2, 0.25) is 0 Å². The summed E-state index contributed by atoms with van der Waals surface area (Å²) >= 11 is 0. The lowest BCUT2D eigenvalue weighted by molar-refractivity contribution is -0.123.